The zero-order valence-corrected chi connectivity index (χ0v) is 9.17. The van der Waals surface area contributed by atoms with Crippen molar-refractivity contribution in [1.29, 1.82) is 0 Å². The first-order valence-electron chi connectivity index (χ1n) is 5.90. The molecule has 1 saturated heterocycles. The summed E-state index contributed by atoms with van der Waals surface area (Å²) in [4.78, 5) is 13.9. The third kappa shape index (κ3) is 1.63. The summed E-state index contributed by atoms with van der Waals surface area (Å²) < 4.78 is 2.08. The molecule has 1 N–H and O–H groups in total. The predicted octanol–water partition coefficient (Wildman–Crippen LogP) is 1.03. The van der Waals surface area contributed by atoms with Gasteiger partial charge in [-0.25, -0.2) is 0 Å². The van der Waals surface area contributed by atoms with Gasteiger partial charge in [0.05, 0.1) is 6.10 Å². The van der Waals surface area contributed by atoms with Crippen molar-refractivity contribution >= 4 is 5.91 Å². The average Bonchev–Trinajstić information content (AvgIpc) is 2.85. The number of amides is 1. The van der Waals surface area contributed by atoms with Crippen LogP contribution in [0.15, 0.2) is 18.3 Å². The third-order valence-corrected chi connectivity index (χ3v) is 3.39. The van der Waals surface area contributed by atoms with Gasteiger partial charge in [-0.3, -0.25) is 4.79 Å². The van der Waals surface area contributed by atoms with Gasteiger partial charge in [0.2, 0.25) is 0 Å². The van der Waals surface area contributed by atoms with Gasteiger partial charge in [0.25, 0.3) is 5.91 Å². The first-order valence-corrected chi connectivity index (χ1v) is 5.90. The minimum atomic E-state index is -0.340. The highest BCUT2D eigenvalue weighted by atomic mass is 16.3. The van der Waals surface area contributed by atoms with Crippen molar-refractivity contribution in [2.45, 2.75) is 31.4 Å². The van der Waals surface area contributed by atoms with Crippen LogP contribution < -0.4 is 0 Å². The minimum Gasteiger partial charge on any atom is -0.391 e. The topological polar surface area (TPSA) is 45.5 Å². The molecule has 0 radical (unpaired) electrons. The number of hydrogen-bond donors (Lipinski definition) is 1. The Kier molecular flexibility index (Phi) is 2.24. The molecule has 3 rings (SSSR count). The van der Waals surface area contributed by atoms with Crippen LogP contribution in [0.1, 0.15) is 35.8 Å². The van der Waals surface area contributed by atoms with Gasteiger partial charge in [-0.2, -0.15) is 0 Å². The van der Waals surface area contributed by atoms with Crippen LogP contribution in [0.2, 0.25) is 0 Å². The molecule has 1 saturated carbocycles. The smallest absolute Gasteiger partial charge is 0.270 e. The predicted molar refractivity (Wildman–Crippen MR) is 59.2 cm³/mol. The number of carbonyl (C=O) groups is 1. The minimum absolute atomic E-state index is 0.0634. The molecule has 0 spiro atoms. The van der Waals surface area contributed by atoms with Crippen LogP contribution in [0, 0.1) is 0 Å². The summed E-state index contributed by atoms with van der Waals surface area (Å²) in [6, 6.07) is 4.34. The third-order valence-electron chi connectivity index (χ3n) is 3.39. The molecule has 0 bridgehead atoms. The second-order valence-electron chi connectivity index (χ2n) is 4.73. The second-order valence-corrected chi connectivity index (χ2v) is 4.73. The monoisotopic (exact) mass is 220 g/mol. The Morgan fingerprint density at radius 2 is 2.19 bits per heavy atom. The molecular formula is C12H16N2O2. The summed E-state index contributed by atoms with van der Waals surface area (Å²) in [7, 11) is 0. The summed E-state index contributed by atoms with van der Waals surface area (Å²) in [6.45, 7) is 1.16. The van der Waals surface area contributed by atoms with E-state index in [1.54, 1.807) is 4.90 Å². The van der Waals surface area contributed by atoms with Crippen LogP contribution in [0.4, 0.5) is 0 Å². The van der Waals surface area contributed by atoms with E-state index in [0.29, 0.717) is 25.6 Å². The van der Waals surface area contributed by atoms with Crippen molar-refractivity contribution in [3.05, 3.63) is 24.0 Å². The van der Waals surface area contributed by atoms with Gasteiger partial charge in [0, 0.05) is 25.3 Å². The molecule has 2 aliphatic rings. The van der Waals surface area contributed by atoms with Crippen molar-refractivity contribution in [2.75, 3.05) is 13.1 Å². The quantitative estimate of drug-likeness (QED) is 0.809. The van der Waals surface area contributed by atoms with Gasteiger partial charge >= 0.3 is 0 Å². The molecule has 2 fully saturated rings. The number of aliphatic hydroxyl groups excluding tert-OH is 1. The Hall–Kier alpha value is -1.29. The number of β-amino-alcohol motifs (C(OH)–C–C–N with tert-alkyl or cyclic N) is 1. The van der Waals surface area contributed by atoms with Gasteiger partial charge in [-0.1, -0.05) is 0 Å². The van der Waals surface area contributed by atoms with E-state index >= 15 is 0 Å². The summed E-state index contributed by atoms with van der Waals surface area (Å²) in [6.07, 6.45) is 4.70. The van der Waals surface area contributed by atoms with Crippen molar-refractivity contribution in [1.82, 2.24) is 9.47 Å². The molecule has 16 heavy (non-hydrogen) atoms. The highest BCUT2D eigenvalue weighted by Gasteiger charge is 2.31. The van der Waals surface area contributed by atoms with Crippen molar-refractivity contribution in [3.8, 4) is 0 Å². The first-order chi connectivity index (χ1) is 7.75. The summed E-state index contributed by atoms with van der Waals surface area (Å²) >= 11 is 0. The molecule has 1 aromatic rings. The summed E-state index contributed by atoms with van der Waals surface area (Å²) in [5.41, 5.74) is 0.775. The van der Waals surface area contributed by atoms with Crippen LogP contribution in [0.25, 0.3) is 0 Å². The molecule has 4 nitrogen and oxygen atoms in total. The van der Waals surface area contributed by atoms with Crippen LogP contribution in [0.5, 0.6) is 0 Å². The van der Waals surface area contributed by atoms with E-state index in [0.717, 1.165) is 5.69 Å². The normalized spacial score (nSPS) is 25.1. The Labute approximate surface area is 94.5 Å². The molecular weight excluding hydrogens is 204 g/mol. The van der Waals surface area contributed by atoms with Gasteiger partial charge in [0.1, 0.15) is 5.69 Å². The van der Waals surface area contributed by atoms with Crippen LogP contribution >= 0.6 is 0 Å². The van der Waals surface area contributed by atoms with Crippen molar-refractivity contribution < 1.29 is 9.90 Å². The van der Waals surface area contributed by atoms with Crippen molar-refractivity contribution in [3.63, 3.8) is 0 Å². The summed E-state index contributed by atoms with van der Waals surface area (Å²) in [5.74, 6) is 0.0634. The van der Waals surface area contributed by atoms with Crippen LogP contribution in [-0.2, 0) is 0 Å². The van der Waals surface area contributed by atoms with Gasteiger partial charge < -0.3 is 14.6 Å². The van der Waals surface area contributed by atoms with Crippen LogP contribution in [0.3, 0.4) is 0 Å². The van der Waals surface area contributed by atoms with E-state index in [1.165, 1.54) is 12.8 Å². The molecule has 4 heteroatoms. The fourth-order valence-electron chi connectivity index (χ4n) is 2.33. The largest absolute Gasteiger partial charge is 0.391 e. The highest BCUT2D eigenvalue weighted by Crippen LogP contribution is 2.36. The average molecular weight is 220 g/mol. The first kappa shape index (κ1) is 9.90. The van der Waals surface area contributed by atoms with Gasteiger partial charge in [0.15, 0.2) is 0 Å². The SMILES string of the molecule is O=C(c1cccn1C1CC1)N1CCC(O)C1. The Balaban J connectivity index is 1.80. The highest BCUT2D eigenvalue weighted by molar-refractivity contribution is 5.93. The lowest BCUT2D eigenvalue weighted by molar-refractivity contribution is 0.0754. The zero-order valence-electron chi connectivity index (χ0n) is 9.17. The number of hydrogen-bond acceptors (Lipinski definition) is 2. The van der Waals surface area contributed by atoms with Gasteiger partial charge in [-0.15, -0.1) is 0 Å². The van der Waals surface area contributed by atoms with E-state index in [2.05, 4.69) is 4.57 Å². The number of aromatic nitrogens is 1. The van der Waals surface area contributed by atoms with E-state index in [-0.39, 0.29) is 12.0 Å². The zero-order chi connectivity index (χ0) is 11.1. The number of rotatable bonds is 2. The molecule has 0 aromatic carbocycles. The molecule has 1 unspecified atom stereocenters. The number of carbonyl (C=O) groups excluding carboxylic acids is 1. The molecule has 2 heterocycles. The molecule has 1 aromatic heterocycles. The van der Waals surface area contributed by atoms with E-state index < -0.39 is 0 Å². The maximum absolute atomic E-state index is 12.2. The standard InChI is InChI=1S/C12H16N2O2/c15-10-5-7-13(8-10)12(16)11-2-1-6-14(11)9-3-4-9/h1-2,6,9-10,15H,3-5,7-8H2. The molecule has 1 amide bonds. The maximum Gasteiger partial charge on any atom is 0.270 e. The molecule has 1 aliphatic carbocycles. The van der Waals surface area contributed by atoms with E-state index in [4.69, 9.17) is 0 Å². The van der Waals surface area contributed by atoms with E-state index in [1.807, 2.05) is 18.3 Å². The Bertz CT molecular complexity index is 409. The summed E-state index contributed by atoms with van der Waals surface area (Å²) in [5, 5.41) is 9.44. The number of nitrogens with zero attached hydrogens (tertiary/aromatic N) is 2. The van der Waals surface area contributed by atoms with Crippen molar-refractivity contribution in [2.24, 2.45) is 0 Å². The molecule has 86 valence electrons. The second kappa shape index (κ2) is 3.63. The fourth-order valence-corrected chi connectivity index (χ4v) is 2.33. The fraction of sp³-hybridized carbons (Fsp3) is 0.583. The lowest BCUT2D eigenvalue weighted by atomic mass is 10.3. The number of aliphatic hydroxyl groups is 1. The molecule has 1 atom stereocenters. The lowest BCUT2D eigenvalue weighted by Crippen LogP contribution is -2.31. The Morgan fingerprint density at radius 3 is 2.81 bits per heavy atom. The lowest BCUT2D eigenvalue weighted by Gasteiger charge is -2.16. The van der Waals surface area contributed by atoms with Crippen LogP contribution in [-0.4, -0.2) is 39.7 Å². The molecule has 1 aliphatic heterocycles. The van der Waals surface area contributed by atoms with Gasteiger partial charge in [-0.05, 0) is 31.4 Å². The Morgan fingerprint density at radius 1 is 1.38 bits per heavy atom. The maximum atomic E-state index is 12.2. The van der Waals surface area contributed by atoms with E-state index in [9.17, 15) is 9.90 Å². The number of likely N-dealkylation sites (tertiary alicyclic amines) is 1.